The molecule has 0 spiro atoms. The Morgan fingerprint density at radius 1 is 1.47 bits per heavy atom. The van der Waals surface area contributed by atoms with Crippen molar-refractivity contribution < 1.29 is 19.4 Å². The van der Waals surface area contributed by atoms with Crippen molar-refractivity contribution in [3.63, 3.8) is 0 Å². The minimum atomic E-state index is -0.924. The molecule has 1 heterocycles. The number of aromatic nitrogens is 1. The summed E-state index contributed by atoms with van der Waals surface area (Å²) in [4.78, 5) is 22.0. The smallest absolute Gasteiger partial charge is 0.354 e. The molecular formula is C10H13NO4. The minimum absolute atomic E-state index is 0.348. The van der Waals surface area contributed by atoms with E-state index in [1.54, 1.807) is 26.1 Å². The fourth-order valence-electron chi connectivity index (χ4n) is 1.40. The molecule has 0 bridgehead atoms. The van der Waals surface area contributed by atoms with Gasteiger partial charge in [0.2, 0.25) is 0 Å². The van der Waals surface area contributed by atoms with Gasteiger partial charge in [0.25, 0.3) is 0 Å². The fourth-order valence-corrected chi connectivity index (χ4v) is 1.40. The van der Waals surface area contributed by atoms with Crippen molar-refractivity contribution in [2.45, 2.75) is 12.8 Å². The average molecular weight is 211 g/mol. The van der Waals surface area contributed by atoms with E-state index in [1.165, 1.54) is 11.7 Å². The van der Waals surface area contributed by atoms with Crippen LogP contribution in [-0.4, -0.2) is 28.7 Å². The number of aliphatic carboxylic acids is 1. The summed E-state index contributed by atoms with van der Waals surface area (Å²) in [5.41, 5.74) is 0.920. The zero-order valence-corrected chi connectivity index (χ0v) is 8.85. The van der Waals surface area contributed by atoms with Gasteiger partial charge in [0.05, 0.1) is 13.0 Å². The van der Waals surface area contributed by atoms with Gasteiger partial charge in [-0.2, -0.15) is 0 Å². The summed E-state index contributed by atoms with van der Waals surface area (Å²) in [6.45, 7) is 1.57. The highest BCUT2D eigenvalue weighted by atomic mass is 16.5. The van der Waals surface area contributed by atoms with Crippen LogP contribution in [0, 0.1) is 0 Å². The Balaban J connectivity index is 3.09. The Labute approximate surface area is 87.3 Å². The lowest BCUT2D eigenvalue weighted by Gasteiger charge is -2.09. The molecule has 1 unspecified atom stereocenters. The zero-order valence-electron chi connectivity index (χ0n) is 8.85. The number of hydrogen-bond acceptors (Lipinski definition) is 3. The molecule has 1 atom stereocenters. The second kappa shape index (κ2) is 4.16. The molecule has 0 amide bonds. The largest absolute Gasteiger partial charge is 0.481 e. The lowest BCUT2D eigenvalue weighted by atomic mass is 10.1. The molecule has 0 radical (unpaired) electrons. The molecule has 0 aromatic carbocycles. The number of hydrogen-bond donors (Lipinski definition) is 1. The SMILES string of the molecule is COC(=O)c1ccc(C(C)C(=O)O)n1C. The number of carbonyl (C=O) groups excluding carboxylic acids is 1. The lowest BCUT2D eigenvalue weighted by molar-refractivity contribution is -0.138. The Bertz CT molecular complexity index is 394. The third-order valence-corrected chi connectivity index (χ3v) is 2.37. The number of esters is 1. The summed E-state index contributed by atoms with van der Waals surface area (Å²) in [6.07, 6.45) is 0. The molecule has 82 valence electrons. The molecule has 0 saturated carbocycles. The highest BCUT2D eigenvalue weighted by Crippen LogP contribution is 2.18. The summed E-state index contributed by atoms with van der Waals surface area (Å²) in [5, 5.41) is 8.84. The Hall–Kier alpha value is -1.78. The lowest BCUT2D eigenvalue weighted by Crippen LogP contribution is -2.14. The first-order valence-corrected chi connectivity index (χ1v) is 4.45. The van der Waals surface area contributed by atoms with Crippen LogP contribution >= 0.6 is 0 Å². The minimum Gasteiger partial charge on any atom is -0.481 e. The van der Waals surface area contributed by atoms with E-state index in [-0.39, 0.29) is 0 Å². The maximum atomic E-state index is 11.2. The monoisotopic (exact) mass is 211 g/mol. The molecule has 0 aliphatic heterocycles. The van der Waals surface area contributed by atoms with E-state index < -0.39 is 17.9 Å². The van der Waals surface area contributed by atoms with Gasteiger partial charge in [-0.3, -0.25) is 4.79 Å². The molecule has 1 N–H and O–H groups in total. The van der Waals surface area contributed by atoms with Gasteiger partial charge in [0, 0.05) is 12.7 Å². The van der Waals surface area contributed by atoms with Crippen LogP contribution in [-0.2, 0) is 16.6 Å². The first-order valence-electron chi connectivity index (χ1n) is 4.45. The molecular weight excluding hydrogens is 198 g/mol. The van der Waals surface area contributed by atoms with E-state index in [0.717, 1.165) is 0 Å². The highest BCUT2D eigenvalue weighted by Gasteiger charge is 2.20. The van der Waals surface area contributed by atoms with Crippen LogP contribution in [0.3, 0.4) is 0 Å². The number of methoxy groups -OCH3 is 1. The van der Waals surface area contributed by atoms with Crippen LogP contribution in [0.15, 0.2) is 12.1 Å². The average Bonchev–Trinajstić information content (AvgIpc) is 2.57. The summed E-state index contributed by atoms with van der Waals surface area (Å²) in [5.74, 6) is -2.04. The number of carboxylic acid groups (broad SMARTS) is 1. The van der Waals surface area contributed by atoms with Gasteiger partial charge in [0.15, 0.2) is 0 Å². The number of rotatable bonds is 3. The van der Waals surface area contributed by atoms with Crippen LogP contribution in [0.1, 0.15) is 29.0 Å². The maximum Gasteiger partial charge on any atom is 0.354 e. The Kier molecular flexibility index (Phi) is 3.14. The molecule has 5 heteroatoms. The van der Waals surface area contributed by atoms with Gasteiger partial charge in [-0.25, -0.2) is 4.79 Å². The normalized spacial score (nSPS) is 12.2. The van der Waals surface area contributed by atoms with Crippen molar-refractivity contribution in [2.24, 2.45) is 7.05 Å². The van der Waals surface area contributed by atoms with Crippen LogP contribution in [0.2, 0.25) is 0 Å². The third-order valence-electron chi connectivity index (χ3n) is 2.37. The molecule has 0 saturated heterocycles. The van der Waals surface area contributed by atoms with Gasteiger partial charge >= 0.3 is 11.9 Å². The maximum absolute atomic E-state index is 11.2. The van der Waals surface area contributed by atoms with Crippen molar-refractivity contribution >= 4 is 11.9 Å². The molecule has 1 aromatic rings. The molecule has 15 heavy (non-hydrogen) atoms. The van der Waals surface area contributed by atoms with Crippen LogP contribution in [0.4, 0.5) is 0 Å². The van der Waals surface area contributed by atoms with Crippen molar-refractivity contribution in [3.05, 3.63) is 23.5 Å². The molecule has 1 aromatic heterocycles. The van der Waals surface area contributed by atoms with E-state index >= 15 is 0 Å². The second-order valence-corrected chi connectivity index (χ2v) is 3.25. The van der Waals surface area contributed by atoms with E-state index in [1.807, 2.05) is 0 Å². The number of nitrogens with zero attached hydrogens (tertiary/aromatic N) is 1. The molecule has 5 nitrogen and oxygen atoms in total. The third kappa shape index (κ3) is 2.01. The van der Waals surface area contributed by atoms with Gasteiger partial charge in [-0.1, -0.05) is 0 Å². The van der Waals surface area contributed by atoms with Gasteiger partial charge in [0.1, 0.15) is 5.69 Å². The van der Waals surface area contributed by atoms with Crippen molar-refractivity contribution in [2.75, 3.05) is 7.11 Å². The van der Waals surface area contributed by atoms with E-state index in [0.29, 0.717) is 11.4 Å². The summed E-state index contributed by atoms with van der Waals surface area (Å²) in [7, 11) is 2.93. The second-order valence-electron chi connectivity index (χ2n) is 3.25. The van der Waals surface area contributed by atoms with Crippen molar-refractivity contribution in [1.82, 2.24) is 4.57 Å². The van der Waals surface area contributed by atoms with E-state index in [4.69, 9.17) is 5.11 Å². The number of carbonyl (C=O) groups is 2. The fraction of sp³-hybridized carbons (Fsp3) is 0.400. The number of ether oxygens (including phenoxy) is 1. The first-order chi connectivity index (χ1) is 6.99. The summed E-state index contributed by atoms with van der Waals surface area (Å²) < 4.78 is 6.10. The number of carboxylic acids is 1. The van der Waals surface area contributed by atoms with Gasteiger partial charge in [-0.05, 0) is 19.1 Å². The van der Waals surface area contributed by atoms with Crippen LogP contribution in [0.25, 0.3) is 0 Å². The zero-order chi connectivity index (χ0) is 11.6. The predicted octanol–water partition coefficient (Wildman–Crippen LogP) is 1.000. The molecule has 1 rings (SSSR count). The quantitative estimate of drug-likeness (QED) is 0.757. The van der Waals surface area contributed by atoms with Crippen molar-refractivity contribution in [1.29, 1.82) is 0 Å². The molecule has 0 fully saturated rings. The topological polar surface area (TPSA) is 68.5 Å². The van der Waals surface area contributed by atoms with Gasteiger partial charge < -0.3 is 14.4 Å². The molecule has 0 aliphatic rings. The standard InChI is InChI=1S/C10H13NO4/c1-6(9(12)13)7-4-5-8(11(7)2)10(14)15-3/h4-6H,1-3H3,(H,12,13). The van der Waals surface area contributed by atoms with Gasteiger partial charge in [-0.15, -0.1) is 0 Å². The highest BCUT2D eigenvalue weighted by molar-refractivity contribution is 5.88. The van der Waals surface area contributed by atoms with E-state index in [9.17, 15) is 9.59 Å². The Morgan fingerprint density at radius 3 is 2.53 bits per heavy atom. The first kappa shape index (κ1) is 11.3. The van der Waals surface area contributed by atoms with E-state index in [2.05, 4.69) is 4.74 Å². The summed E-state index contributed by atoms with van der Waals surface area (Å²) >= 11 is 0. The summed E-state index contributed by atoms with van der Waals surface area (Å²) in [6, 6.07) is 3.17. The van der Waals surface area contributed by atoms with Crippen LogP contribution < -0.4 is 0 Å². The Morgan fingerprint density at radius 2 is 2.07 bits per heavy atom. The molecule has 0 aliphatic carbocycles. The predicted molar refractivity (Wildman–Crippen MR) is 52.8 cm³/mol. The van der Waals surface area contributed by atoms with Crippen molar-refractivity contribution in [3.8, 4) is 0 Å². The van der Waals surface area contributed by atoms with Crippen LogP contribution in [0.5, 0.6) is 0 Å².